The Morgan fingerprint density at radius 2 is 2.07 bits per heavy atom. The Bertz CT molecular complexity index is 331. The topological polar surface area (TPSA) is 28.7 Å². The molecule has 0 bridgehead atoms. The average molecular weight is 192 g/mol. The van der Waals surface area contributed by atoms with E-state index in [0.29, 0.717) is 5.92 Å². The van der Waals surface area contributed by atoms with Gasteiger partial charge in [-0.15, -0.1) is 0 Å². The monoisotopic (exact) mass is 192 g/mol. The van der Waals surface area contributed by atoms with Crippen LogP contribution in [0.1, 0.15) is 63.7 Å². The number of aromatic nitrogens is 2. The zero-order chi connectivity index (χ0) is 10.3. The first-order valence-corrected chi connectivity index (χ1v) is 5.58. The number of fused-ring (bicyclic) bond motifs is 1. The Labute approximate surface area is 86.1 Å². The van der Waals surface area contributed by atoms with Crippen LogP contribution in [0, 0.1) is 0 Å². The maximum absolute atomic E-state index is 4.75. The summed E-state index contributed by atoms with van der Waals surface area (Å²) in [5, 5.41) is 0. The van der Waals surface area contributed by atoms with E-state index < -0.39 is 0 Å². The largest absolute Gasteiger partial charge is 0.345 e. The number of imidazole rings is 1. The zero-order valence-electron chi connectivity index (χ0n) is 9.65. The Kier molecular flexibility index (Phi) is 2.17. The summed E-state index contributed by atoms with van der Waals surface area (Å²) >= 11 is 0. The second kappa shape index (κ2) is 3.11. The Morgan fingerprint density at radius 3 is 2.64 bits per heavy atom. The Balaban J connectivity index is 2.40. The van der Waals surface area contributed by atoms with Crippen LogP contribution in [0.3, 0.4) is 0 Å². The van der Waals surface area contributed by atoms with Crippen molar-refractivity contribution in [3.05, 3.63) is 17.2 Å². The number of aromatic amines is 1. The van der Waals surface area contributed by atoms with Crippen molar-refractivity contribution in [2.24, 2.45) is 0 Å². The highest BCUT2D eigenvalue weighted by Crippen LogP contribution is 2.31. The van der Waals surface area contributed by atoms with Gasteiger partial charge in [0, 0.05) is 17.0 Å². The molecular weight excluding hydrogens is 172 g/mol. The lowest BCUT2D eigenvalue weighted by atomic mass is 9.92. The number of rotatable bonds is 0. The van der Waals surface area contributed by atoms with Crippen molar-refractivity contribution in [3.8, 4) is 0 Å². The summed E-state index contributed by atoms with van der Waals surface area (Å²) in [4.78, 5) is 8.24. The summed E-state index contributed by atoms with van der Waals surface area (Å²) < 4.78 is 0. The van der Waals surface area contributed by atoms with Crippen molar-refractivity contribution in [1.82, 2.24) is 9.97 Å². The van der Waals surface area contributed by atoms with E-state index in [9.17, 15) is 0 Å². The molecular formula is C12H20N2. The van der Waals surface area contributed by atoms with Crippen LogP contribution in [0.25, 0.3) is 0 Å². The second-order valence-corrected chi connectivity index (χ2v) is 5.49. The highest BCUT2D eigenvalue weighted by Gasteiger charge is 2.25. The first-order valence-electron chi connectivity index (χ1n) is 5.58. The van der Waals surface area contributed by atoms with Gasteiger partial charge in [-0.3, -0.25) is 0 Å². The third kappa shape index (κ3) is 1.58. The van der Waals surface area contributed by atoms with Crippen LogP contribution in [0.5, 0.6) is 0 Å². The van der Waals surface area contributed by atoms with E-state index in [1.54, 1.807) is 0 Å². The molecule has 0 spiro atoms. The molecule has 0 radical (unpaired) electrons. The molecule has 2 heteroatoms. The number of hydrogen-bond donors (Lipinski definition) is 1. The standard InChI is InChI=1S/C12H20N2/c1-8-6-5-7-9-10(8)14-11(13-9)12(2,3)4/h8H,5-7H2,1-4H3,(H,13,14). The highest BCUT2D eigenvalue weighted by molar-refractivity contribution is 5.23. The summed E-state index contributed by atoms with van der Waals surface area (Å²) in [5.41, 5.74) is 2.85. The number of nitrogens with zero attached hydrogens (tertiary/aromatic N) is 1. The molecule has 0 aliphatic heterocycles. The van der Waals surface area contributed by atoms with Crippen LogP contribution >= 0.6 is 0 Å². The molecule has 1 aliphatic rings. The Hall–Kier alpha value is -0.790. The van der Waals surface area contributed by atoms with Crippen LogP contribution in [-0.4, -0.2) is 9.97 Å². The summed E-state index contributed by atoms with van der Waals surface area (Å²) in [6, 6.07) is 0. The maximum atomic E-state index is 4.75. The van der Waals surface area contributed by atoms with Crippen molar-refractivity contribution in [2.45, 2.75) is 58.3 Å². The third-order valence-electron chi connectivity index (χ3n) is 3.05. The summed E-state index contributed by atoms with van der Waals surface area (Å²) in [7, 11) is 0. The predicted molar refractivity (Wildman–Crippen MR) is 58.6 cm³/mol. The molecule has 14 heavy (non-hydrogen) atoms. The van der Waals surface area contributed by atoms with Gasteiger partial charge in [0.25, 0.3) is 0 Å². The normalized spacial score (nSPS) is 22.1. The van der Waals surface area contributed by atoms with Crippen molar-refractivity contribution in [3.63, 3.8) is 0 Å². The van der Waals surface area contributed by atoms with E-state index in [-0.39, 0.29) is 5.41 Å². The molecule has 0 fully saturated rings. The van der Waals surface area contributed by atoms with Crippen molar-refractivity contribution >= 4 is 0 Å². The van der Waals surface area contributed by atoms with Gasteiger partial charge in [0.15, 0.2) is 0 Å². The van der Waals surface area contributed by atoms with Crippen LogP contribution in [-0.2, 0) is 11.8 Å². The first-order chi connectivity index (χ1) is 6.48. The fraction of sp³-hybridized carbons (Fsp3) is 0.750. The molecule has 1 atom stereocenters. The Morgan fingerprint density at radius 1 is 1.36 bits per heavy atom. The van der Waals surface area contributed by atoms with Gasteiger partial charge in [0.2, 0.25) is 0 Å². The number of nitrogens with one attached hydrogen (secondary N) is 1. The molecule has 78 valence electrons. The maximum Gasteiger partial charge on any atom is 0.111 e. The molecule has 0 saturated carbocycles. The van der Waals surface area contributed by atoms with Crippen molar-refractivity contribution in [2.75, 3.05) is 0 Å². The lowest BCUT2D eigenvalue weighted by molar-refractivity contribution is 0.548. The smallest absolute Gasteiger partial charge is 0.111 e. The molecule has 0 aromatic carbocycles. The minimum absolute atomic E-state index is 0.150. The summed E-state index contributed by atoms with van der Waals surface area (Å²) in [6.45, 7) is 8.91. The van der Waals surface area contributed by atoms with E-state index in [1.165, 1.54) is 30.7 Å². The molecule has 1 N–H and O–H groups in total. The molecule has 0 saturated heterocycles. The van der Waals surface area contributed by atoms with Gasteiger partial charge >= 0.3 is 0 Å². The average Bonchev–Trinajstić information content (AvgIpc) is 2.48. The highest BCUT2D eigenvalue weighted by atomic mass is 15.0. The van der Waals surface area contributed by atoms with Crippen LogP contribution in [0.2, 0.25) is 0 Å². The van der Waals surface area contributed by atoms with E-state index in [4.69, 9.17) is 4.98 Å². The molecule has 1 aliphatic carbocycles. The summed E-state index contributed by atoms with van der Waals surface area (Å²) in [6.07, 6.45) is 3.78. The van der Waals surface area contributed by atoms with Crippen LogP contribution < -0.4 is 0 Å². The van der Waals surface area contributed by atoms with Crippen LogP contribution in [0.15, 0.2) is 0 Å². The van der Waals surface area contributed by atoms with E-state index in [2.05, 4.69) is 32.7 Å². The van der Waals surface area contributed by atoms with E-state index >= 15 is 0 Å². The molecule has 2 rings (SSSR count). The SMILES string of the molecule is CC1CCCc2[nH]c(C(C)(C)C)nc21. The van der Waals surface area contributed by atoms with Gasteiger partial charge in [-0.05, 0) is 19.3 Å². The number of aryl methyl sites for hydroxylation is 1. The van der Waals surface area contributed by atoms with Gasteiger partial charge in [0.1, 0.15) is 5.82 Å². The first kappa shape index (κ1) is 9.75. The van der Waals surface area contributed by atoms with Gasteiger partial charge in [-0.25, -0.2) is 4.98 Å². The predicted octanol–water partition coefficient (Wildman–Crippen LogP) is 3.15. The summed E-state index contributed by atoms with van der Waals surface area (Å²) in [5.74, 6) is 1.79. The van der Waals surface area contributed by atoms with Crippen molar-refractivity contribution in [1.29, 1.82) is 0 Å². The minimum Gasteiger partial charge on any atom is -0.345 e. The molecule has 1 aromatic heterocycles. The molecule has 1 heterocycles. The number of hydrogen-bond acceptors (Lipinski definition) is 1. The van der Waals surface area contributed by atoms with Crippen LogP contribution in [0.4, 0.5) is 0 Å². The van der Waals surface area contributed by atoms with Gasteiger partial charge in [-0.1, -0.05) is 27.7 Å². The molecule has 2 nitrogen and oxygen atoms in total. The minimum atomic E-state index is 0.150. The quantitative estimate of drug-likeness (QED) is 0.672. The fourth-order valence-electron chi connectivity index (χ4n) is 2.10. The van der Waals surface area contributed by atoms with E-state index in [0.717, 1.165) is 5.82 Å². The number of H-pyrrole nitrogens is 1. The van der Waals surface area contributed by atoms with E-state index in [1.807, 2.05) is 0 Å². The van der Waals surface area contributed by atoms with Gasteiger partial charge < -0.3 is 4.98 Å². The lowest BCUT2D eigenvalue weighted by Crippen LogP contribution is -2.13. The molecule has 1 unspecified atom stereocenters. The van der Waals surface area contributed by atoms with Crippen molar-refractivity contribution < 1.29 is 0 Å². The molecule has 0 amide bonds. The zero-order valence-corrected chi connectivity index (χ0v) is 9.65. The second-order valence-electron chi connectivity index (χ2n) is 5.49. The molecule has 1 aromatic rings. The lowest BCUT2D eigenvalue weighted by Gasteiger charge is -2.15. The van der Waals surface area contributed by atoms with Gasteiger partial charge in [-0.2, -0.15) is 0 Å². The third-order valence-corrected chi connectivity index (χ3v) is 3.05. The fourth-order valence-corrected chi connectivity index (χ4v) is 2.10. The van der Waals surface area contributed by atoms with Gasteiger partial charge in [0.05, 0.1) is 5.69 Å².